The summed E-state index contributed by atoms with van der Waals surface area (Å²) in [7, 11) is -2.18. The summed E-state index contributed by atoms with van der Waals surface area (Å²) in [5.41, 5.74) is 4.45. The lowest BCUT2D eigenvalue weighted by molar-refractivity contribution is -0.141. The summed E-state index contributed by atoms with van der Waals surface area (Å²) in [5.74, 6) is -0.145. The normalized spacial score (nSPS) is 12.0. The molecule has 1 N–H and O–H groups in total. The van der Waals surface area contributed by atoms with Crippen LogP contribution in [0.15, 0.2) is 109 Å². The maximum atomic E-state index is 14.2. The molecule has 230 valence electrons. The molecule has 0 fully saturated rings. The highest BCUT2D eigenvalue weighted by Crippen LogP contribution is 2.19. The molecule has 0 saturated heterocycles. The van der Waals surface area contributed by atoms with Gasteiger partial charge in [0.05, 0.1) is 19.9 Å². The maximum Gasteiger partial charge on any atom is 0.243 e. The van der Waals surface area contributed by atoms with E-state index >= 15 is 0 Å². The number of nitrogens with zero attached hydrogens (tertiary/aromatic N) is 2. The van der Waals surface area contributed by atoms with Crippen LogP contribution in [0.25, 0.3) is 0 Å². The molecule has 0 radical (unpaired) electrons. The molecule has 4 aromatic carbocycles. The third-order valence-electron chi connectivity index (χ3n) is 7.35. The molecule has 4 aromatic rings. The summed E-state index contributed by atoms with van der Waals surface area (Å²) >= 11 is 0. The van der Waals surface area contributed by atoms with Crippen molar-refractivity contribution in [2.75, 3.05) is 19.9 Å². The van der Waals surface area contributed by atoms with E-state index in [1.54, 1.807) is 19.2 Å². The Balaban J connectivity index is 1.68. The van der Waals surface area contributed by atoms with E-state index in [-0.39, 0.29) is 25.4 Å². The standard InChI is InChI=1S/C35H39N3O5S/c1-27-14-16-29(17-15-27)23-36-35(40)33(22-28-10-6-4-7-11-28)38(25-31-18-20-32(43-2)21-19-31)34(39)26-37(44(3,41)42)24-30-12-8-5-9-13-30/h4-21,33H,22-26H2,1-3H3,(H,36,40). The van der Waals surface area contributed by atoms with Crippen LogP contribution >= 0.6 is 0 Å². The molecule has 1 atom stereocenters. The van der Waals surface area contributed by atoms with Gasteiger partial charge in [-0.25, -0.2) is 8.42 Å². The van der Waals surface area contributed by atoms with Crippen LogP contribution in [0.3, 0.4) is 0 Å². The first-order valence-electron chi connectivity index (χ1n) is 14.4. The van der Waals surface area contributed by atoms with Crippen molar-refractivity contribution in [1.29, 1.82) is 0 Å². The molecule has 0 aromatic heterocycles. The number of amides is 2. The maximum absolute atomic E-state index is 14.2. The van der Waals surface area contributed by atoms with Gasteiger partial charge in [0.25, 0.3) is 0 Å². The van der Waals surface area contributed by atoms with Gasteiger partial charge in [0.2, 0.25) is 21.8 Å². The minimum absolute atomic E-state index is 0.0325. The first kappa shape index (κ1) is 32.4. The molecule has 9 heteroatoms. The molecule has 4 rings (SSSR count). The smallest absolute Gasteiger partial charge is 0.243 e. The predicted molar refractivity (Wildman–Crippen MR) is 172 cm³/mol. The average molecular weight is 614 g/mol. The first-order chi connectivity index (χ1) is 21.1. The molecule has 0 bridgehead atoms. The monoisotopic (exact) mass is 613 g/mol. The van der Waals surface area contributed by atoms with Crippen LogP contribution in [0, 0.1) is 6.92 Å². The van der Waals surface area contributed by atoms with E-state index in [1.807, 2.05) is 104 Å². The van der Waals surface area contributed by atoms with Gasteiger partial charge in [-0.05, 0) is 41.3 Å². The van der Waals surface area contributed by atoms with Gasteiger partial charge in [-0.2, -0.15) is 4.31 Å². The lowest BCUT2D eigenvalue weighted by Crippen LogP contribution is -2.53. The highest BCUT2D eigenvalue weighted by molar-refractivity contribution is 7.88. The second kappa shape index (κ2) is 15.3. The third-order valence-corrected chi connectivity index (χ3v) is 8.55. The third kappa shape index (κ3) is 9.52. The Morgan fingerprint density at radius 2 is 1.30 bits per heavy atom. The number of hydrogen-bond acceptors (Lipinski definition) is 5. The number of nitrogens with one attached hydrogen (secondary N) is 1. The largest absolute Gasteiger partial charge is 0.497 e. The highest BCUT2D eigenvalue weighted by atomic mass is 32.2. The van der Waals surface area contributed by atoms with E-state index in [4.69, 9.17) is 4.74 Å². The predicted octanol–water partition coefficient (Wildman–Crippen LogP) is 4.72. The van der Waals surface area contributed by atoms with Crippen LogP contribution in [-0.4, -0.2) is 55.4 Å². The van der Waals surface area contributed by atoms with Gasteiger partial charge in [0.15, 0.2) is 0 Å². The number of carbonyl (C=O) groups is 2. The van der Waals surface area contributed by atoms with E-state index in [1.165, 1.54) is 4.90 Å². The van der Waals surface area contributed by atoms with Crippen LogP contribution in [-0.2, 0) is 45.7 Å². The molecule has 2 amide bonds. The highest BCUT2D eigenvalue weighted by Gasteiger charge is 2.33. The zero-order chi connectivity index (χ0) is 31.5. The van der Waals surface area contributed by atoms with Crippen LogP contribution in [0.2, 0.25) is 0 Å². The summed E-state index contributed by atoms with van der Waals surface area (Å²) in [5, 5.41) is 3.02. The van der Waals surface area contributed by atoms with Crippen LogP contribution in [0.1, 0.15) is 27.8 Å². The number of ether oxygens (including phenoxy) is 1. The molecule has 8 nitrogen and oxygen atoms in total. The fourth-order valence-electron chi connectivity index (χ4n) is 4.81. The first-order valence-corrected chi connectivity index (χ1v) is 16.3. The number of aryl methyl sites for hydroxylation is 1. The Kier molecular flexibility index (Phi) is 11.3. The number of methoxy groups -OCH3 is 1. The fraction of sp³-hybridized carbons (Fsp3) is 0.257. The van der Waals surface area contributed by atoms with E-state index in [2.05, 4.69) is 5.32 Å². The summed E-state index contributed by atoms with van der Waals surface area (Å²) in [6, 6.07) is 32.8. The summed E-state index contributed by atoms with van der Waals surface area (Å²) in [4.78, 5) is 29.6. The quantitative estimate of drug-likeness (QED) is 0.222. The van der Waals surface area contributed by atoms with Gasteiger partial charge in [0, 0.05) is 26.1 Å². The lowest BCUT2D eigenvalue weighted by atomic mass is 10.0. The van der Waals surface area contributed by atoms with Crippen molar-refractivity contribution in [3.05, 3.63) is 137 Å². The minimum atomic E-state index is -3.76. The van der Waals surface area contributed by atoms with Gasteiger partial charge in [-0.1, -0.05) is 103 Å². The van der Waals surface area contributed by atoms with Crippen LogP contribution in [0.5, 0.6) is 5.75 Å². The second-order valence-electron chi connectivity index (χ2n) is 10.8. The summed E-state index contributed by atoms with van der Waals surface area (Å²) in [6.45, 7) is 2.00. The summed E-state index contributed by atoms with van der Waals surface area (Å²) in [6.07, 6.45) is 1.34. The number of hydrogen-bond donors (Lipinski definition) is 1. The van der Waals surface area contributed by atoms with Crippen molar-refractivity contribution in [3.63, 3.8) is 0 Å². The van der Waals surface area contributed by atoms with Crippen molar-refractivity contribution in [3.8, 4) is 5.75 Å². The van der Waals surface area contributed by atoms with Crippen molar-refractivity contribution < 1.29 is 22.7 Å². The van der Waals surface area contributed by atoms with Crippen LogP contribution < -0.4 is 10.1 Å². The number of carbonyl (C=O) groups excluding carboxylic acids is 2. The molecular formula is C35H39N3O5S. The molecule has 0 aliphatic rings. The lowest BCUT2D eigenvalue weighted by Gasteiger charge is -2.33. The zero-order valence-electron chi connectivity index (χ0n) is 25.3. The Morgan fingerprint density at radius 1 is 0.750 bits per heavy atom. The van der Waals surface area contributed by atoms with Gasteiger partial charge < -0.3 is 15.0 Å². The average Bonchev–Trinajstić information content (AvgIpc) is 3.02. The Labute approximate surface area is 260 Å². The topological polar surface area (TPSA) is 96.0 Å². The van der Waals surface area contributed by atoms with E-state index in [9.17, 15) is 18.0 Å². The molecule has 0 spiro atoms. The summed E-state index contributed by atoms with van der Waals surface area (Å²) < 4.78 is 32.2. The Bertz CT molecular complexity index is 1610. The van der Waals surface area contributed by atoms with Crippen LogP contribution in [0.4, 0.5) is 0 Å². The molecular weight excluding hydrogens is 574 g/mol. The number of sulfonamides is 1. The van der Waals surface area contributed by atoms with Crippen molar-refractivity contribution >= 4 is 21.8 Å². The zero-order valence-corrected chi connectivity index (χ0v) is 26.2. The van der Waals surface area contributed by atoms with Gasteiger partial charge in [-0.15, -0.1) is 0 Å². The number of benzene rings is 4. The molecule has 0 aliphatic carbocycles. The molecule has 0 aliphatic heterocycles. The minimum Gasteiger partial charge on any atom is -0.497 e. The van der Waals surface area contributed by atoms with Crippen molar-refractivity contribution in [1.82, 2.24) is 14.5 Å². The van der Waals surface area contributed by atoms with E-state index in [0.717, 1.165) is 38.4 Å². The van der Waals surface area contributed by atoms with Gasteiger partial charge in [-0.3, -0.25) is 9.59 Å². The Hall–Kier alpha value is -4.47. The molecule has 44 heavy (non-hydrogen) atoms. The van der Waals surface area contributed by atoms with Gasteiger partial charge in [0.1, 0.15) is 11.8 Å². The molecule has 0 heterocycles. The molecule has 0 saturated carbocycles. The SMILES string of the molecule is COc1ccc(CN(C(=O)CN(Cc2ccccc2)S(C)(=O)=O)C(Cc2ccccc2)C(=O)NCc2ccc(C)cc2)cc1. The van der Waals surface area contributed by atoms with E-state index < -0.39 is 28.5 Å². The van der Waals surface area contributed by atoms with Crippen molar-refractivity contribution in [2.24, 2.45) is 0 Å². The Morgan fingerprint density at radius 3 is 1.86 bits per heavy atom. The molecule has 1 unspecified atom stereocenters. The van der Waals surface area contributed by atoms with Gasteiger partial charge >= 0.3 is 0 Å². The fourth-order valence-corrected chi connectivity index (χ4v) is 5.54. The van der Waals surface area contributed by atoms with E-state index in [0.29, 0.717) is 12.3 Å². The second-order valence-corrected chi connectivity index (χ2v) is 12.8. The van der Waals surface area contributed by atoms with Crippen molar-refractivity contribution in [2.45, 2.75) is 39.0 Å². The number of rotatable bonds is 14.